The van der Waals surface area contributed by atoms with E-state index >= 15 is 0 Å². The van der Waals surface area contributed by atoms with E-state index in [0.29, 0.717) is 44.4 Å². The van der Waals surface area contributed by atoms with Crippen molar-refractivity contribution in [2.24, 2.45) is 0 Å². The Hall–Kier alpha value is -1.56. The highest BCUT2D eigenvalue weighted by atomic mass is 32.2. The van der Waals surface area contributed by atoms with Crippen molar-refractivity contribution in [3.05, 3.63) is 11.7 Å². The molecule has 2 aliphatic rings. The molecule has 2 fully saturated rings. The monoisotopic (exact) mass is 388 g/mol. The quantitative estimate of drug-likeness (QED) is 0.563. The molecule has 26 heavy (non-hydrogen) atoms. The lowest BCUT2D eigenvalue weighted by molar-refractivity contribution is -0.141. The Bertz CT molecular complexity index is 736. The number of aromatic nitrogens is 2. The number of nitrogens with zero attached hydrogens (tertiary/aromatic N) is 4. The minimum absolute atomic E-state index is 0.0213. The predicted octanol–water partition coefficient (Wildman–Crippen LogP) is -1.29. The van der Waals surface area contributed by atoms with Crippen LogP contribution in [0.4, 0.5) is 0 Å². The van der Waals surface area contributed by atoms with Crippen molar-refractivity contribution < 1.29 is 27.2 Å². The largest absolute Gasteiger partial charge is 0.384 e. The molecule has 0 radical (unpaired) electrons. The lowest BCUT2D eigenvalue weighted by atomic mass is 10.0. The van der Waals surface area contributed by atoms with Crippen molar-refractivity contribution in [2.75, 3.05) is 52.0 Å². The van der Waals surface area contributed by atoms with Crippen LogP contribution < -0.4 is 0 Å². The van der Waals surface area contributed by atoms with Crippen LogP contribution in [0.3, 0.4) is 0 Å². The van der Waals surface area contributed by atoms with Gasteiger partial charge in [0.25, 0.3) is 0 Å². The van der Waals surface area contributed by atoms with Crippen LogP contribution in [0.1, 0.15) is 11.7 Å². The highest BCUT2D eigenvalue weighted by Gasteiger charge is 2.48. The van der Waals surface area contributed by atoms with Gasteiger partial charge in [0.15, 0.2) is 15.7 Å². The SMILES string of the molecule is COCCc1noc(CN2CCN(C(=O)COC)[C@H]3CS(=O)(=O)C[C@H]32)n1. The summed E-state index contributed by atoms with van der Waals surface area (Å²) in [6.45, 7) is 1.81. The minimum atomic E-state index is -3.20. The van der Waals surface area contributed by atoms with Crippen molar-refractivity contribution in [3.8, 4) is 0 Å². The molecule has 1 amide bonds. The van der Waals surface area contributed by atoms with Gasteiger partial charge in [0.05, 0.1) is 30.7 Å². The van der Waals surface area contributed by atoms with Gasteiger partial charge in [-0.25, -0.2) is 8.42 Å². The molecule has 1 aromatic rings. The minimum Gasteiger partial charge on any atom is -0.384 e. The second-order valence-corrected chi connectivity index (χ2v) is 8.70. The van der Waals surface area contributed by atoms with Gasteiger partial charge in [0, 0.05) is 39.8 Å². The van der Waals surface area contributed by atoms with E-state index in [2.05, 4.69) is 10.1 Å². The summed E-state index contributed by atoms with van der Waals surface area (Å²) >= 11 is 0. The smallest absolute Gasteiger partial charge is 0.248 e. The highest BCUT2D eigenvalue weighted by Crippen LogP contribution is 2.28. The van der Waals surface area contributed by atoms with Gasteiger partial charge in [0.1, 0.15) is 6.61 Å². The molecule has 0 spiro atoms. The van der Waals surface area contributed by atoms with E-state index in [1.807, 2.05) is 4.90 Å². The van der Waals surface area contributed by atoms with Gasteiger partial charge >= 0.3 is 0 Å². The number of piperazine rings is 1. The van der Waals surface area contributed by atoms with Crippen molar-refractivity contribution in [2.45, 2.75) is 25.0 Å². The summed E-state index contributed by atoms with van der Waals surface area (Å²) < 4.78 is 39.5. The van der Waals surface area contributed by atoms with Crippen molar-refractivity contribution in [1.29, 1.82) is 0 Å². The second kappa shape index (κ2) is 7.99. The van der Waals surface area contributed by atoms with Gasteiger partial charge in [-0.2, -0.15) is 4.98 Å². The van der Waals surface area contributed by atoms with E-state index < -0.39 is 9.84 Å². The first-order valence-electron chi connectivity index (χ1n) is 8.47. The average molecular weight is 388 g/mol. The van der Waals surface area contributed by atoms with Crippen LogP contribution in [0.2, 0.25) is 0 Å². The molecule has 0 N–H and O–H groups in total. The van der Waals surface area contributed by atoms with Crippen LogP contribution in [0.5, 0.6) is 0 Å². The number of rotatable bonds is 7. The summed E-state index contributed by atoms with van der Waals surface area (Å²) in [6.07, 6.45) is 0.555. The summed E-state index contributed by atoms with van der Waals surface area (Å²) in [7, 11) is -0.146. The van der Waals surface area contributed by atoms with Crippen molar-refractivity contribution >= 4 is 15.7 Å². The standard InChI is InChI=1S/C15H24N4O6S/c1-23-6-3-13-16-14(25-17-13)7-18-4-5-19(15(20)8-24-2)12-10-26(21,22)9-11(12)18/h11-12H,3-10H2,1-2H3/t11-,12+/m1/s1. The summed E-state index contributed by atoms with van der Waals surface area (Å²) in [5.74, 6) is 0.826. The van der Waals surface area contributed by atoms with E-state index in [1.165, 1.54) is 7.11 Å². The van der Waals surface area contributed by atoms with E-state index in [1.54, 1.807) is 12.0 Å². The molecule has 0 saturated carbocycles. The number of hydrogen-bond donors (Lipinski definition) is 0. The van der Waals surface area contributed by atoms with Gasteiger partial charge < -0.3 is 18.9 Å². The molecule has 2 atom stereocenters. The Morgan fingerprint density at radius 2 is 2.00 bits per heavy atom. The Morgan fingerprint density at radius 1 is 1.23 bits per heavy atom. The molecule has 0 aromatic carbocycles. The summed E-state index contributed by atoms with van der Waals surface area (Å²) in [5.41, 5.74) is 0. The zero-order valence-corrected chi connectivity index (χ0v) is 15.8. The molecule has 0 aliphatic carbocycles. The fourth-order valence-electron chi connectivity index (χ4n) is 3.56. The average Bonchev–Trinajstić information content (AvgIpc) is 3.16. The van der Waals surface area contributed by atoms with E-state index in [0.717, 1.165) is 0 Å². The number of hydrogen-bond acceptors (Lipinski definition) is 9. The molecule has 146 valence electrons. The van der Waals surface area contributed by atoms with Crippen LogP contribution in [-0.2, 0) is 37.1 Å². The fourth-order valence-corrected chi connectivity index (χ4v) is 5.57. The number of sulfone groups is 1. The first-order chi connectivity index (χ1) is 12.4. The zero-order chi connectivity index (χ0) is 18.7. The Kier molecular flexibility index (Phi) is 5.90. The van der Waals surface area contributed by atoms with Crippen LogP contribution >= 0.6 is 0 Å². The number of carbonyl (C=O) groups is 1. The van der Waals surface area contributed by atoms with Gasteiger partial charge in [-0.15, -0.1) is 0 Å². The molecule has 0 unspecified atom stereocenters. The predicted molar refractivity (Wildman–Crippen MR) is 90.1 cm³/mol. The number of carbonyl (C=O) groups excluding carboxylic acids is 1. The highest BCUT2D eigenvalue weighted by molar-refractivity contribution is 7.91. The molecule has 3 rings (SSSR count). The van der Waals surface area contributed by atoms with Crippen molar-refractivity contribution in [3.63, 3.8) is 0 Å². The third-order valence-corrected chi connectivity index (χ3v) is 6.46. The molecule has 2 aliphatic heterocycles. The van der Waals surface area contributed by atoms with Crippen LogP contribution in [0.25, 0.3) is 0 Å². The molecular weight excluding hydrogens is 364 g/mol. The molecule has 3 heterocycles. The Balaban J connectivity index is 1.71. The molecule has 2 saturated heterocycles. The van der Waals surface area contributed by atoms with Gasteiger partial charge in [-0.05, 0) is 0 Å². The summed E-state index contributed by atoms with van der Waals surface area (Å²) in [4.78, 5) is 20.2. The topological polar surface area (TPSA) is 115 Å². The second-order valence-electron chi connectivity index (χ2n) is 6.55. The fraction of sp³-hybridized carbons (Fsp3) is 0.800. The Labute approximate surface area is 152 Å². The van der Waals surface area contributed by atoms with Crippen molar-refractivity contribution in [1.82, 2.24) is 19.9 Å². The van der Waals surface area contributed by atoms with Gasteiger partial charge in [0.2, 0.25) is 11.8 Å². The molecule has 1 aromatic heterocycles. The first kappa shape index (κ1) is 19.2. The van der Waals surface area contributed by atoms with E-state index in [9.17, 15) is 13.2 Å². The zero-order valence-electron chi connectivity index (χ0n) is 15.0. The summed E-state index contributed by atoms with van der Waals surface area (Å²) in [6, 6.07) is -0.642. The normalized spacial score (nSPS) is 25.4. The maximum atomic E-state index is 12.3. The van der Waals surface area contributed by atoms with Crippen LogP contribution in [-0.4, -0.2) is 98.4 Å². The molecule has 10 nitrogen and oxygen atoms in total. The molecule has 11 heteroatoms. The maximum absolute atomic E-state index is 12.3. The number of fused-ring (bicyclic) bond motifs is 1. The number of ether oxygens (including phenoxy) is 2. The third kappa shape index (κ3) is 4.22. The maximum Gasteiger partial charge on any atom is 0.248 e. The third-order valence-electron chi connectivity index (χ3n) is 4.76. The molecular formula is C15H24N4O6S. The lowest BCUT2D eigenvalue weighted by Crippen LogP contribution is -2.60. The van der Waals surface area contributed by atoms with E-state index in [4.69, 9.17) is 14.0 Å². The lowest BCUT2D eigenvalue weighted by Gasteiger charge is -2.43. The van der Waals surface area contributed by atoms with Crippen LogP contribution in [0.15, 0.2) is 4.52 Å². The first-order valence-corrected chi connectivity index (χ1v) is 10.3. The van der Waals surface area contributed by atoms with Gasteiger partial charge in [-0.1, -0.05) is 5.16 Å². The van der Waals surface area contributed by atoms with Crippen LogP contribution in [0, 0.1) is 0 Å². The number of amides is 1. The van der Waals surface area contributed by atoms with Gasteiger partial charge in [-0.3, -0.25) is 9.69 Å². The Morgan fingerprint density at radius 3 is 2.73 bits per heavy atom. The molecule has 0 bridgehead atoms. The summed E-state index contributed by atoms with van der Waals surface area (Å²) in [5, 5.41) is 3.91. The van der Waals surface area contributed by atoms with E-state index in [-0.39, 0.29) is 36.1 Å². The number of methoxy groups -OCH3 is 2.